The van der Waals surface area contributed by atoms with Gasteiger partial charge >= 0.3 is 0 Å². The first-order valence-corrected chi connectivity index (χ1v) is 10.0. The van der Waals surface area contributed by atoms with Gasteiger partial charge in [0, 0.05) is 47.3 Å². The number of hydrogen-bond acceptors (Lipinski definition) is 6. The molecule has 2 bridgehead atoms. The SMILES string of the molecule is C[C@]12CC[C@](C)(C[C@H](Oc3ccc(-c4ccc(-c5cn[nH]c5)cc4O)nn3)C1)N2. The smallest absolute Gasteiger partial charge is 0.233 e. The van der Waals surface area contributed by atoms with Gasteiger partial charge in [0.05, 0.1) is 11.9 Å². The maximum atomic E-state index is 10.5. The number of piperidine rings is 1. The molecule has 0 amide bonds. The summed E-state index contributed by atoms with van der Waals surface area (Å²) in [6.07, 6.45) is 7.95. The van der Waals surface area contributed by atoms with Gasteiger partial charge in [0.25, 0.3) is 0 Å². The van der Waals surface area contributed by atoms with Gasteiger partial charge in [-0.1, -0.05) is 6.07 Å². The fraction of sp³-hybridized carbons (Fsp3) is 0.409. The van der Waals surface area contributed by atoms with Crippen molar-refractivity contribution in [3.63, 3.8) is 0 Å². The van der Waals surface area contributed by atoms with Crippen molar-refractivity contribution in [1.82, 2.24) is 25.7 Å². The van der Waals surface area contributed by atoms with Crippen LogP contribution >= 0.6 is 0 Å². The molecule has 3 atom stereocenters. The van der Waals surface area contributed by atoms with E-state index in [-0.39, 0.29) is 22.9 Å². The van der Waals surface area contributed by atoms with Crippen molar-refractivity contribution in [3.8, 4) is 34.0 Å². The van der Waals surface area contributed by atoms with Crippen LogP contribution in [0.2, 0.25) is 0 Å². The van der Waals surface area contributed by atoms with Crippen LogP contribution < -0.4 is 10.1 Å². The molecule has 0 unspecified atom stereocenters. The summed E-state index contributed by atoms with van der Waals surface area (Å²) in [5, 5.41) is 29.5. The minimum Gasteiger partial charge on any atom is -0.507 e. The zero-order valence-corrected chi connectivity index (χ0v) is 16.6. The van der Waals surface area contributed by atoms with Gasteiger partial charge in [0.2, 0.25) is 5.88 Å². The van der Waals surface area contributed by atoms with Crippen molar-refractivity contribution < 1.29 is 9.84 Å². The number of benzene rings is 1. The van der Waals surface area contributed by atoms with Crippen LogP contribution in [0.3, 0.4) is 0 Å². The number of nitrogens with zero attached hydrogens (tertiary/aromatic N) is 3. The predicted molar refractivity (Wildman–Crippen MR) is 110 cm³/mol. The van der Waals surface area contributed by atoms with Gasteiger partial charge in [-0.25, -0.2) is 0 Å². The van der Waals surface area contributed by atoms with Crippen LogP contribution in [-0.4, -0.2) is 42.7 Å². The minimum atomic E-state index is 0.136. The number of hydrogen-bond donors (Lipinski definition) is 3. The molecule has 2 aromatic heterocycles. The van der Waals surface area contributed by atoms with Crippen molar-refractivity contribution in [2.45, 2.75) is 56.7 Å². The summed E-state index contributed by atoms with van der Waals surface area (Å²) >= 11 is 0. The molecule has 5 rings (SSSR count). The average molecular weight is 391 g/mol. The Morgan fingerprint density at radius 1 is 1.03 bits per heavy atom. The number of aromatic nitrogens is 4. The summed E-state index contributed by atoms with van der Waals surface area (Å²) in [5.74, 6) is 0.684. The lowest BCUT2D eigenvalue weighted by atomic mass is 9.86. The molecule has 3 aromatic rings. The van der Waals surface area contributed by atoms with E-state index >= 15 is 0 Å². The summed E-state index contributed by atoms with van der Waals surface area (Å²) < 4.78 is 6.17. The van der Waals surface area contributed by atoms with Gasteiger partial charge in [-0.3, -0.25) is 5.10 Å². The first kappa shape index (κ1) is 18.1. The Morgan fingerprint density at radius 3 is 2.45 bits per heavy atom. The zero-order valence-electron chi connectivity index (χ0n) is 16.6. The lowest BCUT2D eigenvalue weighted by Crippen LogP contribution is -2.56. The highest BCUT2D eigenvalue weighted by molar-refractivity contribution is 5.73. The molecule has 0 spiro atoms. The van der Waals surface area contributed by atoms with E-state index in [9.17, 15) is 5.11 Å². The Labute approximate surface area is 169 Å². The molecule has 2 aliphatic heterocycles. The highest BCUT2D eigenvalue weighted by Gasteiger charge is 2.49. The molecule has 2 saturated heterocycles. The fourth-order valence-corrected chi connectivity index (χ4v) is 4.91. The van der Waals surface area contributed by atoms with Gasteiger partial charge in [-0.05, 0) is 50.5 Å². The molecular formula is C22H25N5O2. The van der Waals surface area contributed by atoms with Gasteiger partial charge < -0.3 is 15.2 Å². The second-order valence-electron chi connectivity index (χ2n) is 8.87. The molecule has 2 fully saturated rings. The molecule has 1 aromatic carbocycles. The average Bonchev–Trinajstić information content (AvgIpc) is 3.28. The van der Waals surface area contributed by atoms with Crippen LogP contribution in [-0.2, 0) is 0 Å². The maximum absolute atomic E-state index is 10.5. The molecule has 150 valence electrons. The van der Waals surface area contributed by atoms with E-state index in [1.165, 1.54) is 12.8 Å². The Kier molecular flexibility index (Phi) is 4.10. The summed E-state index contributed by atoms with van der Waals surface area (Å²) in [6.45, 7) is 4.55. The summed E-state index contributed by atoms with van der Waals surface area (Å²) in [7, 11) is 0. The Bertz CT molecular complexity index is 1000. The number of nitrogens with one attached hydrogen (secondary N) is 2. The molecule has 7 heteroatoms. The van der Waals surface area contributed by atoms with Gasteiger partial charge in [0.15, 0.2) is 0 Å². The normalized spacial score (nSPS) is 28.4. The first-order valence-electron chi connectivity index (χ1n) is 10.0. The number of phenolic OH excluding ortho intramolecular Hbond substituents is 1. The highest BCUT2D eigenvalue weighted by Crippen LogP contribution is 2.43. The predicted octanol–water partition coefficient (Wildman–Crippen LogP) is 3.68. The van der Waals surface area contributed by atoms with Crippen LogP contribution in [0.25, 0.3) is 22.4 Å². The van der Waals surface area contributed by atoms with Crippen molar-refractivity contribution in [1.29, 1.82) is 0 Å². The monoisotopic (exact) mass is 391 g/mol. The number of rotatable bonds is 4. The lowest BCUT2D eigenvalue weighted by Gasteiger charge is -2.41. The molecule has 7 nitrogen and oxygen atoms in total. The molecule has 29 heavy (non-hydrogen) atoms. The van der Waals surface area contributed by atoms with E-state index in [2.05, 4.69) is 39.6 Å². The van der Waals surface area contributed by atoms with Crippen LogP contribution in [0, 0.1) is 0 Å². The van der Waals surface area contributed by atoms with Crippen LogP contribution in [0.1, 0.15) is 39.5 Å². The number of aromatic amines is 1. The quantitative estimate of drug-likeness (QED) is 0.628. The van der Waals surface area contributed by atoms with Crippen molar-refractivity contribution in [3.05, 3.63) is 42.7 Å². The number of aromatic hydroxyl groups is 1. The lowest BCUT2D eigenvalue weighted by molar-refractivity contribution is 0.0754. The Morgan fingerprint density at radius 2 is 1.83 bits per heavy atom. The fourth-order valence-electron chi connectivity index (χ4n) is 4.91. The summed E-state index contributed by atoms with van der Waals surface area (Å²) in [6, 6.07) is 9.15. The van der Waals surface area contributed by atoms with Crippen LogP contribution in [0.5, 0.6) is 11.6 Å². The van der Waals surface area contributed by atoms with Crippen molar-refractivity contribution >= 4 is 0 Å². The molecular weight excluding hydrogens is 366 g/mol. The number of phenols is 1. The van der Waals surface area contributed by atoms with E-state index in [0.29, 0.717) is 17.1 Å². The van der Waals surface area contributed by atoms with E-state index in [0.717, 1.165) is 24.0 Å². The third kappa shape index (κ3) is 3.46. The molecule has 0 radical (unpaired) electrons. The third-order valence-corrected chi connectivity index (χ3v) is 6.22. The third-order valence-electron chi connectivity index (χ3n) is 6.22. The topological polar surface area (TPSA) is 96.0 Å². The van der Waals surface area contributed by atoms with E-state index in [1.807, 2.05) is 24.3 Å². The largest absolute Gasteiger partial charge is 0.507 e. The van der Waals surface area contributed by atoms with E-state index in [1.54, 1.807) is 18.5 Å². The Balaban J connectivity index is 1.32. The molecule has 4 heterocycles. The number of H-pyrrole nitrogens is 1. The molecule has 3 N–H and O–H groups in total. The van der Waals surface area contributed by atoms with Crippen LogP contribution in [0.15, 0.2) is 42.7 Å². The Hall–Kier alpha value is -2.93. The summed E-state index contributed by atoms with van der Waals surface area (Å²) in [5.41, 5.74) is 3.34. The standard InChI is InChI=1S/C22H25N5O2/c1-21-7-8-22(2,27-21)11-16(10-21)29-20-6-5-18(25-26-20)17-4-3-14(9-19(17)28)15-12-23-24-13-15/h3-6,9,12-13,16,27-28H,7-8,10-11H2,1-2H3,(H,23,24)/t16-,21+,22-. The number of ether oxygens (including phenoxy) is 1. The van der Waals surface area contributed by atoms with Crippen molar-refractivity contribution in [2.75, 3.05) is 0 Å². The molecule has 0 saturated carbocycles. The second-order valence-corrected chi connectivity index (χ2v) is 8.87. The maximum Gasteiger partial charge on any atom is 0.233 e. The summed E-state index contributed by atoms with van der Waals surface area (Å²) in [4.78, 5) is 0. The molecule has 2 aliphatic rings. The number of fused-ring (bicyclic) bond motifs is 2. The van der Waals surface area contributed by atoms with Crippen molar-refractivity contribution in [2.24, 2.45) is 0 Å². The zero-order chi connectivity index (χ0) is 20.1. The van der Waals surface area contributed by atoms with E-state index < -0.39 is 0 Å². The molecule has 0 aliphatic carbocycles. The van der Waals surface area contributed by atoms with E-state index in [4.69, 9.17) is 4.74 Å². The van der Waals surface area contributed by atoms with Crippen LogP contribution in [0.4, 0.5) is 0 Å². The first-order chi connectivity index (χ1) is 13.9. The van der Waals surface area contributed by atoms with Gasteiger partial charge in [-0.15, -0.1) is 10.2 Å². The minimum absolute atomic E-state index is 0.136. The van der Waals surface area contributed by atoms with Gasteiger partial charge in [-0.2, -0.15) is 5.10 Å². The second kappa shape index (κ2) is 6.56. The van der Waals surface area contributed by atoms with Gasteiger partial charge in [0.1, 0.15) is 11.9 Å². The highest BCUT2D eigenvalue weighted by atomic mass is 16.5.